The zero-order valence-electron chi connectivity index (χ0n) is 15.7. The van der Waals surface area contributed by atoms with Crippen LogP contribution in [0.3, 0.4) is 0 Å². The number of ether oxygens (including phenoxy) is 2. The molecule has 0 radical (unpaired) electrons. The number of furan rings is 1. The Balaban J connectivity index is 1.53. The van der Waals surface area contributed by atoms with Gasteiger partial charge in [-0.3, -0.25) is 4.79 Å². The molecule has 0 aliphatic carbocycles. The van der Waals surface area contributed by atoms with E-state index in [-0.39, 0.29) is 23.5 Å². The van der Waals surface area contributed by atoms with E-state index >= 15 is 0 Å². The van der Waals surface area contributed by atoms with E-state index in [1.807, 2.05) is 6.92 Å². The molecule has 0 amide bonds. The van der Waals surface area contributed by atoms with Crippen molar-refractivity contribution in [2.75, 3.05) is 0 Å². The molecule has 7 nitrogen and oxygen atoms in total. The average molecular weight is 427 g/mol. The fraction of sp³-hybridized carbons (Fsp3) is 0.0909. The van der Waals surface area contributed by atoms with Crippen LogP contribution in [0.1, 0.15) is 21.9 Å². The first kappa shape index (κ1) is 19.6. The second kappa shape index (κ2) is 7.96. The van der Waals surface area contributed by atoms with Crippen LogP contribution in [0.2, 0.25) is 5.02 Å². The van der Waals surface area contributed by atoms with Crippen LogP contribution in [0.15, 0.2) is 68.4 Å². The molecule has 0 saturated carbocycles. The lowest BCUT2D eigenvalue weighted by Crippen LogP contribution is -2.05. The van der Waals surface area contributed by atoms with Crippen LogP contribution in [-0.4, -0.2) is 11.1 Å². The van der Waals surface area contributed by atoms with Gasteiger partial charge in [0.15, 0.2) is 0 Å². The number of carboxylic acid groups (broad SMARTS) is 1. The Labute approximate surface area is 175 Å². The van der Waals surface area contributed by atoms with Crippen molar-refractivity contribution in [1.29, 1.82) is 0 Å². The minimum absolute atomic E-state index is 0.0279. The van der Waals surface area contributed by atoms with E-state index in [1.165, 1.54) is 18.4 Å². The maximum atomic E-state index is 12.7. The maximum Gasteiger partial charge on any atom is 0.371 e. The van der Waals surface area contributed by atoms with Gasteiger partial charge in [0.25, 0.3) is 0 Å². The number of halogens is 1. The van der Waals surface area contributed by atoms with Gasteiger partial charge in [-0.15, -0.1) is 0 Å². The van der Waals surface area contributed by atoms with Crippen molar-refractivity contribution in [2.45, 2.75) is 13.5 Å². The highest BCUT2D eigenvalue weighted by Crippen LogP contribution is 2.27. The molecule has 4 aromatic rings. The fourth-order valence-corrected chi connectivity index (χ4v) is 2.90. The molecular formula is C22H15ClO7. The van der Waals surface area contributed by atoms with Gasteiger partial charge in [0, 0.05) is 11.1 Å². The maximum absolute atomic E-state index is 12.7. The monoisotopic (exact) mass is 426 g/mol. The summed E-state index contributed by atoms with van der Waals surface area (Å²) in [5, 5.41) is 9.81. The molecule has 2 aromatic heterocycles. The van der Waals surface area contributed by atoms with Crippen LogP contribution >= 0.6 is 11.6 Å². The highest BCUT2D eigenvalue weighted by molar-refractivity contribution is 6.31. The van der Waals surface area contributed by atoms with E-state index in [0.29, 0.717) is 33.3 Å². The number of fused-ring (bicyclic) bond motifs is 1. The summed E-state index contributed by atoms with van der Waals surface area (Å²) in [6.07, 6.45) is 1.24. The third-order valence-corrected chi connectivity index (χ3v) is 4.75. The van der Waals surface area contributed by atoms with Gasteiger partial charge in [0.2, 0.25) is 16.9 Å². The average Bonchev–Trinajstić information content (AvgIpc) is 3.21. The number of aromatic carboxylic acids is 1. The van der Waals surface area contributed by atoms with Crippen LogP contribution < -0.4 is 14.9 Å². The second-order valence-electron chi connectivity index (χ2n) is 6.46. The highest BCUT2D eigenvalue weighted by atomic mass is 35.5. The molecule has 0 atom stereocenters. The molecule has 30 heavy (non-hydrogen) atoms. The van der Waals surface area contributed by atoms with E-state index in [2.05, 4.69) is 0 Å². The number of hydrogen-bond donors (Lipinski definition) is 1. The third-order valence-electron chi connectivity index (χ3n) is 4.33. The van der Waals surface area contributed by atoms with Crippen molar-refractivity contribution in [3.8, 4) is 17.2 Å². The van der Waals surface area contributed by atoms with Crippen molar-refractivity contribution in [2.24, 2.45) is 0 Å². The molecule has 0 aliphatic rings. The van der Waals surface area contributed by atoms with E-state index in [9.17, 15) is 9.59 Å². The van der Waals surface area contributed by atoms with E-state index in [0.717, 1.165) is 5.56 Å². The third kappa shape index (κ3) is 4.01. The van der Waals surface area contributed by atoms with Crippen molar-refractivity contribution in [1.82, 2.24) is 0 Å². The normalized spacial score (nSPS) is 10.9. The molecule has 8 heteroatoms. The molecule has 152 valence electrons. The largest absolute Gasteiger partial charge is 0.486 e. The Bertz CT molecular complexity index is 1300. The number of benzene rings is 2. The summed E-state index contributed by atoms with van der Waals surface area (Å²) in [6, 6.07) is 12.7. The number of carboxylic acids is 1. The predicted octanol–water partition coefficient (Wildman–Crippen LogP) is 5.42. The number of rotatable bonds is 6. The number of hydrogen-bond acceptors (Lipinski definition) is 6. The van der Waals surface area contributed by atoms with E-state index < -0.39 is 5.97 Å². The molecule has 2 heterocycles. The highest BCUT2D eigenvalue weighted by Gasteiger charge is 2.12. The summed E-state index contributed by atoms with van der Waals surface area (Å²) in [7, 11) is 0. The van der Waals surface area contributed by atoms with Crippen molar-refractivity contribution >= 4 is 28.5 Å². The molecule has 1 N–H and O–H groups in total. The van der Waals surface area contributed by atoms with Crippen LogP contribution in [0, 0.1) is 6.92 Å². The fourth-order valence-electron chi connectivity index (χ4n) is 2.78. The Hall–Kier alpha value is -3.71. The van der Waals surface area contributed by atoms with Crippen molar-refractivity contribution in [3.63, 3.8) is 0 Å². The second-order valence-corrected chi connectivity index (χ2v) is 6.87. The summed E-state index contributed by atoms with van der Waals surface area (Å²) in [4.78, 5) is 23.6. The Morgan fingerprint density at radius 1 is 1.10 bits per heavy atom. The predicted molar refractivity (Wildman–Crippen MR) is 109 cm³/mol. The minimum Gasteiger partial charge on any atom is -0.486 e. The Morgan fingerprint density at radius 3 is 2.63 bits per heavy atom. The molecule has 0 fully saturated rings. The number of carbonyl (C=O) groups is 1. The molecule has 0 saturated heterocycles. The lowest BCUT2D eigenvalue weighted by molar-refractivity contribution is 0.0658. The summed E-state index contributed by atoms with van der Waals surface area (Å²) in [6.45, 7) is 1.87. The molecule has 2 aromatic carbocycles. The lowest BCUT2D eigenvalue weighted by atomic mass is 10.2. The van der Waals surface area contributed by atoms with E-state index in [1.54, 1.807) is 36.4 Å². The van der Waals surface area contributed by atoms with Crippen LogP contribution in [-0.2, 0) is 6.61 Å². The molecule has 0 aliphatic heterocycles. The van der Waals surface area contributed by atoms with Crippen molar-refractivity contribution in [3.05, 3.63) is 87.1 Å². The van der Waals surface area contributed by atoms with Crippen LogP contribution in [0.5, 0.6) is 17.2 Å². The first-order valence-electron chi connectivity index (χ1n) is 8.85. The SMILES string of the molecule is Cc1cc(Oc2coc3cc(OCc4ccc(C(=O)O)o4)ccc3c2=O)ccc1Cl. The van der Waals surface area contributed by atoms with E-state index in [4.69, 9.17) is 35.0 Å². The van der Waals surface area contributed by atoms with Gasteiger partial charge in [-0.1, -0.05) is 11.6 Å². The Morgan fingerprint density at radius 2 is 1.90 bits per heavy atom. The molecule has 0 spiro atoms. The number of aryl methyl sites for hydroxylation is 1. The summed E-state index contributed by atoms with van der Waals surface area (Å²) < 4.78 is 21.9. The minimum atomic E-state index is -1.15. The van der Waals surface area contributed by atoms with Gasteiger partial charge >= 0.3 is 5.97 Å². The quantitative estimate of drug-likeness (QED) is 0.439. The topological polar surface area (TPSA) is 99.1 Å². The molecule has 4 rings (SSSR count). The first-order valence-corrected chi connectivity index (χ1v) is 9.23. The first-order chi connectivity index (χ1) is 14.4. The molecular weight excluding hydrogens is 412 g/mol. The standard InChI is InChI=1S/C22H15ClO7/c1-12-8-14(3-6-17(12)23)29-20-11-28-19-9-13(2-5-16(19)21(20)24)27-10-15-4-7-18(30-15)22(25)26/h2-9,11H,10H2,1H3,(H,25,26). The smallest absolute Gasteiger partial charge is 0.371 e. The lowest BCUT2D eigenvalue weighted by Gasteiger charge is -2.08. The van der Waals surface area contributed by atoms with Gasteiger partial charge in [0.05, 0.1) is 5.39 Å². The summed E-state index contributed by atoms with van der Waals surface area (Å²) in [5.41, 5.74) is 0.823. The zero-order valence-corrected chi connectivity index (χ0v) is 16.4. The Kier molecular flexibility index (Phi) is 5.20. The van der Waals surface area contributed by atoms with Crippen LogP contribution in [0.4, 0.5) is 0 Å². The van der Waals surface area contributed by atoms with Gasteiger partial charge < -0.3 is 23.4 Å². The van der Waals surface area contributed by atoms with Gasteiger partial charge in [0.1, 0.15) is 35.7 Å². The van der Waals surface area contributed by atoms with Gasteiger partial charge in [-0.25, -0.2) is 4.79 Å². The van der Waals surface area contributed by atoms with Gasteiger partial charge in [-0.05, 0) is 55.0 Å². The summed E-state index contributed by atoms with van der Waals surface area (Å²) >= 11 is 6.01. The molecule has 0 unspecified atom stereocenters. The van der Waals surface area contributed by atoms with Gasteiger partial charge in [-0.2, -0.15) is 0 Å². The van der Waals surface area contributed by atoms with Crippen molar-refractivity contribution < 1.29 is 28.2 Å². The molecule has 0 bridgehead atoms. The summed E-state index contributed by atoms with van der Waals surface area (Å²) in [5.74, 6) is -0.00346. The zero-order chi connectivity index (χ0) is 21.3. The van der Waals surface area contributed by atoms with Crippen LogP contribution in [0.25, 0.3) is 11.0 Å².